The summed E-state index contributed by atoms with van der Waals surface area (Å²) in [6, 6.07) is -0.553. The Morgan fingerprint density at radius 3 is 1.92 bits per heavy atom. The number of imide groups is 3. The minimum atomic E-state index is -0.914. The first-order valence-corrected chi connectivity index (χ1v) is 3.93. The van der Waals surface area contributed by atoms with Crippen molar-refractivity contribution in [2.24, 2.45) is 0 Å². The van der Waals surface area contributed by atoms with Crippen molar-refractivity contribution in [2.75, 3.05) is 7.05 Å². The lowest BCUT2D eigenvalue weighted by Crippen LogP contribution is -2.42. The number of hydrogen-bond donors (Lipinski definition) is 0. The van der Waals surface area contributed by atoms with Gasteiger partial charge < -0.3 is 4.90 Å². The first-order valence-electron chi connectivity index (χ1n) is 3.93. The zero-order valence-corrected chi connectivity index (χ0v) is 8.12. The SMILES string of the molecule is CC(=O)N1C(=O)N(C)C(C)(C)C1=O. The molecule has 0 aromatic rings. The molecule has 72 valence electrons. The van der Waals surface area contributed by atoms with E-state index < -0.39 is 23.4 Å². The van der Waals surface area contributed by atoms with Crippen LogP contribution in [0.1, 0.15) is 20.8 Å². The van der Waals surface area contributed by atoms with Crippen molar-refractivity contribution >= 4 is 17.8 Å². The molecular formula is C8H12N2O3. The van der Waals surface area contributed by atoms with Gasteiger partial charge in [-0.3, -0.25) is 9.59 Å². The molecule has 0 atom stereocenters. The number of amides is 4. The molecule has 1 fully saturated rings. The van der Waals surface area contributed by atoms with Gasteiger partial charge in [-0.1, -0.05) is 0 Å². The molecular weight excluding hydrogens is 172 g/mol. The predicted octanol–water partition coefficient (Wildman–Crippen LogP) is 0.206. The Morgan fingerprint density at radius 1 is 1.31 bits per heavy atom. The molecule has 0 aromatic carbocycles. The summed E-state index contributed by atoms with van der Waals surface area (Å²) in [6.45, 7) is 4.41. The van der Waals surface area contributed by atoms with Gasteiger partial charge in [0.25, 0.3) is 5.91 Å². The first kappa shape index (κ1) is 9.70. The topological polar surface area (TPSA) is 57.7 Å². The molecule has 13 heavy (non-hydrogen) atoms. The van der Waals surface area contributed by atoms with Crippen LogP contribution in [0, 0.1) is 0 Å². The molecule has 5 heteroatoms. The third-order valence-electron chi connectivity index (χ3n) is 2.36. The minimum Gasteiger partial charge on any atom is -0.313 e. The van der Waals surface area contributed by atoms with Gasteiger partial charge >= 0.3 is 6.03 Å². The van der Waals surface area contributed by atoms with Crippen molar-refractivity contribution in [3.05, 3.63) is 0 Å². The molecule has 0 saturated carbocycles. The summed E-state index contributed by atoms with van der Waals surface area (Å²) in [5, 5.41) is 0. The number of rotatable bonds is 0. The summed E-state index contributed by atoms with van der Waals surface area (Å²) in [4.78, 5) is 35.8. The lowest BCUT2D eigenvalue weighted by Gasteiger charge is -2.22. The Morgan fingerprint density at radius 2 is 1.77 bits per heavy atom. The fraction of sp³-hybridized carbons (Fsp3) is 0.625. The van der Waals surface area contributed by atoms with Gasteiger partial charge in [0.2, 0.25) is 5.91 Å². The molecule has 5 nitrogen and oxygen atoms in total. The molecule has 0 spiro atoms. The van der Waals surface area contributed by atoms with Crippen molar-refractivity contribution in [1.29, 1.82) is 0 Å². The Bertz CT molecular complexity index is 296. The second-order valence-corrected chi connectivity index (χ2v) is 3.56. The maximum Gasteiger partial charge on any atom is 0.334 e. The average Bonchev–Trinajstić information content (AvgIpc) is 2.14. The highest BCUT2D eigenvalue weighted by Gasteiger charge is 2.50. The van der Waals surface area contributed by atoms with Gasteiger partial charge in [-0.15, -0.1) is 0 Å². The number of carbonyl (C=O) groups is 3. The smallest absolute Gasteiger partial charge is 0.313 e. The molecule has 1 aliphatic rings. The van der Waals surface area contributed by atoms with E-state index in [4.69, 9.17) is 0 Å². The van der Waals surface area contributed by atoms with Gasteiger partial charge in [-0.25, -0.2) is 4.79 Å². The molecule has 1 heterocycles. The van der Waals surface area contributed by atoms with Crippen LogP contribution in [-0.2, 0) is 9.59 Å². The van der Waals surface area contributed by atoms with Gasteiger partial charge in [-0.2, -0.15) is 4.90 Å². The molecule has 0 radical (unpaired) electrons. The largest absolute Gasteiger partial charge is 0.334 e. The highest BCUT2D eigenvalue weighted by atomic mass is 16.2. The van der Waals surface area contributed by atoms with Crippen molar-refractivity contribution < 1.29 is 14.4 Å². The van der Waals surface area contributed by atoms with E-state index in [2.05, 4.69) is 0 Å². The molecule has 0 aliphatic carbocycles. The third kappa shape index (κ3) is 1.11. The van der Waals surface area contributed by atoms with E-state index in [0.717, 1.165) is 0 Å². The lowest BCUT2D eigenvalue weighted by atomic mass is 10.1. The fourth-order valence-corrected chi connectivity index (χ4v) is 1.17. The molecule has 4 amide bonds. The van der Waals surface area contributed by atoms with E-state index in [1.165, 1.54) is 18.9 Å². The van der Waals surface area contributed by atoms with Crippen molar-refractivity contribution in [2.45, 2.75) is 26.3 Å². The molecule has 0 N–H and O–H groups in total. The van der Waals surface area contributed by atoms with Crippen LogP contribution in [0.4, 0.5) is 4.79 Å². The summed E-state index contributed by atoms with van der Waals surface area (Å²) in [6.07, 6.45) is 0. The average molecular weight is 184 g/mol. The second-order valence-electron chi connectivity index (χ2n) is 3.56. The van der Waals surface area contributed by atoms with Gasteiger partial charge in [0.1, 0.15) is 5.54 Å². The molecule has 0 bridgehead atoms. The van der Waals surface area contributed by atoms with E-state index in [1.54, 1.807) is 13.8 Å². The minimum absolute atomic E-state index is 0.465. The number of likely N-dealkylation sites (N-methyl/N-ethyl adjacent to an activating group) is 1. The van der Waals surface area contributed by atoms with E-state index in [9.17, 15) is 14.4 Å². The Balaban J connectivity index is 3.14. The molecule has 1 rings (SSSR count). The predicted molar refractivity (Wildman–Crippen MR) is 44.8 cm³/mol. The summed E-state index contributed by atoms with van der Waals surface area (Å²) in [7, 11) is 1.50. The summed E-state index contributed by atoms with van der Waals surface area (Å²) < 4.78 is 0. The molecule has 1 aliphatic heterocycles. The third-order valence-corrected chi connectivity index (χ3v) is 2.36. The number of urea groups is 1. The summed E-state index contributed by atoms with van der Waals surface area (Å²) in [5.74, 6) is -1.00. The zero-order chi connectivity index (χ0) is 10.4. The number of nitrogens with zero attached hydrogens (tertiary/aromatic N) is 2. The van der Waals surface area contributed by atoms with Crippen LogP contribution < -0.4 is 0 Å². The van der Waals surface area contributed by atoms with Crippen LogP contribution in [0.15, 0.2) is 0 Å². The van der Waals surface area contributed by atoms with E-state index in [-0.39, 0.29) is 0 Å². The molecule has 0 aromatic heterocycles. The van der Waals surface area contributed by atoms with Gasteiger partial charge in [0.15, 0.2) is 0 Å². The molecule has 1 saturated heterocycles. The Hall–Kier alpha value is -1.39. The highest BCUT2D eigenvalue weighted by molar-refractivity contribution is 6.17. The standard InChI is InChI=1S/C8H12N2O3/c1-5(11)10-6(12)8(2,3)9(4)7(10)13/h1-4H3. The monoisotopic (exact) mass is 184 g/mol. The normalized spacial score (nSPS) is 21.2. The van der Waals surface area contributed by atoms with Gasteiger partial charge in [-0.05, 0) is 13.8 Å². The van der Waals surface area contributed by atoms with E-state index in [0.29, 0.717) is 4.90 Å². The quantitative estimate of drug-likeness (QED) is 0.505. The number of hydrogen-bond acceptors (Lipinski definition) is 3. The highest BCUT2D eigenvalue weighted by Crippen LogP contribution is 2.25. The maximum absolute atomic E-state index is 11.5. The van der Waals surface area contributed by atoms with Crippen LogP contribution in [0.3, 0.4) is 0 Å². The van der Waals surface area contributed by atoms with Crippen molar-refractivity contribution in [3.8, 4) is 0 Å². The van der Waals surface area contributed by atoms with Crippen LogP contribution in [0.5, 0.6) is 0 Å². The van der Waals surface area contributed by atoms with Gasteiger partial charge in [0, 0.05) is 14.0 Å². The van der Waals surface area contributed by atoms with Crippen LogP contribution in [0.25, 0.3) is 0 Å². The van der Waals surface area contributed by atoms with Crippen LogP contribution in [-0.4, -0.2) is 40.2 Å². The summed E-state index contributed by atoms with van der Waals surface area (Å²) >= 11 is 0. The van der Waals surface area contributed by atoms with Crippen molar-refractivity contribution in [1.82, 2.24) is 9.80 Å². The Labute approximate surface area is 76.3 Å². The summed E-state index contributed by atoms with van der Waals surface area (Å²) in [5.41, 5.74) is -0.914. The maximum atomic E-state index is 11.5. The van der Waals surface area contributed by atoms with Crippen molar-refractivity contribution in [3.63, 3.8) is 0 Å². The van der Waals surface area contributed by atoms with Crippen LogP contribution >= 0.6 is 0 Å². The van der Waals surface area contributed by atoms with Crippen LogP contribution in [0.2, 0.25) is 0 Å². The zero-order valence-electron chi connectivity index (χ0n) is 8.12. The number of carbonyl (C=O) groups excluding carboxylic acids is 3. The second kappa shape index (κ2) is 2.55. The van der Waals surface area contributed by atoms with E-state index in [1.807, 2.05) is 0 Å². The van der Waals surface area contributed by atoms with Gasteiger partial charge in [0.05, 0.1) is 0 Å². The van der Waals surface area contributed by atoms with E-state index >= 15 is 0 Å². The molecule has 0 unspecified atom stereocenters. The Kier molecular flexibility index (Phi) is 1.90. The lowest BCUT2D eigenvalue weighted by molar-refractivity contribution is -0.140. The first-order chi connectivity index (χ1) is 5.80. The fourth-order valence-electron chi connectivity index (χ4n) is 1.17.